The van der Waals surface area contributed by atoms with Gasteiger partial charge >= 0.3 is 5.97 Å². The fraction of sp³-hybridized carbons (Fsp3) is 0.333. The molecule has 0 bridgehead atoms. The van der Waals surface area contributed by atoms with Crippen molar-refractivity contribution in [3.8, 4) is 11.1 Å². The first-order chi connectivity index (χ1) is 8.99. The Kier molecular flexibility index (Phi) is 3.69. The largest absolute Gasteiger partial charge is 0.481 e. The molecule has 4 nitrogen and oxygen atoms in total. The van der Waals surface area contributed by atoms with E-state index in [1.54, 1.807) is 17.9 Å². The van der Waals surface area contributed by atoms with Gasteiger partial charge in [-0.3, -0.25) is 9.48 Å². The number of aliphatic carboxylic acids is 1. The zero-order valence-electron chi connectivity index (χ0n) is 11.4. The zero-order valence-corrected chi connectivity index (χ0v) is 11.4. The summed E-state index contributed by atoms with van der Waals surface area (Å²) in [6, 6.07) is 8.19. The number of carboxylic acids is 1. The van der Waals surface area contributed by atoms with Gasteiger partial charge in [0, 0.05) is 12.6 Å². The fourth-order valence-electron chi connectivity index (χ4n) is 2.12. The molecule has 0 aliphatic heterocycles. The Labute approximate surface area is 112 Å². The third-order valence-corrected chi connectivity index (χ3v) is 3.24. The number of carbonyl (C=O) groups is 1. The van der Waals surface area contributed by atoms with Crippen LogP contribution >= 0.6 is 0 Å². The molecule has 1 N–H and O–H groups in total. The van der Waals surface area contributed by atoms with Crippen LogP contribution in [-0.4, -0.2) is 20.9 Å². The van der Waals surface area contributed by atoms with Crippen LogP contribution in [0.1, 0.15) is 31.0 Å². The van der Waals surface area contributed by atoms with E-state index in [4.69, 9.17) is 5.11 Å². The van der Waals surface area contributed by atoms with Crippen molar-refractivity contribution in [3.05, 3.63) is 41.7 Å². The molecule has 1 heterocycles. The molecule has 1 aromatic heterocycles. The molecule has 0 saturated carbocycles. The number of carboxylic acid groups (broad SMARTS) is 1. The molecule has 0 fully saturated rings. The lowest BCUT2D eigenvalue weighted by molar-refractivity contribution is -0.136. The number of nitrogens with zero attached hydrogens (tertiary/aromatic N) is 2. The van der Waals surface area contributed by atoms with Gasteiger partial charge in [0.2, 0.25) is 0 Å². The molecule has 0 unspecified atom stereocenters. The topological polar surface area (TPSA) is 55.1 Å². The lowest BCUT2D eigenvalue weighted by atomic mass is 9.97. The first-order valence-electron chi connectivity index (χ1n) is 6.32. The molecule has 100 valence electrons. The predicted octanol–water partition coefficient (Wildman–Crippen LogP) is 2.84. The molecule has 0 aliphatic rings. The van der Waals surface area contributed by atoms with E-state index in [9.17, 15) is 4.79 Å². The molecule has 0 radical (unpaired) electrons. The minimum absolute atomic E-state index is 0.0161. The van der Waals surface area contributed by atoms with Gasteiger partial charge in [-0.1, -0.05) is 38.1 Å². The van der Waals surface area contributed by atoms with E-state index in [1.807, 2.05) is 12.1 Å². The van der Waals surface area contributed by atoms with Crippen LogP contribution in [0.4, 0.5) is 0 Å². The smallest absolute Gasteiger partial charge is 0.309 e. The minimum Gasteiger partial charge on any atom is -0.481 e. The van der Waals surface area contributed by atoms with Crippen LogP contribution in [0.2, 0.25) is 0 Å². The summed E-state index contributed by atoms with van der Waals surface area (Å²) in [6.45, 7) is 4.28. The molecule has 2 aromatic rings. The second kappa shape index (κ2) is 5.26. The van der Waals surface area contributed by atoms with Gasteiger partial charge in [-0.25, -0.2) is 0 Å². The molecule has 0 saturated heterocycles. The highest BCUT2D eigenvalue weighted by Crippen LogP contribution is 2.26. The summed E-state index contributed by atoms with van der Waals surface area (Å²) >= 11 is 0. The average molecular weight is 258 g/mol. The van der Waals surface area contributed by atoms with Crippen LogP contribution in [0.25, 0.3) is 11.1 Å². The van der Waals surface area contributed by atoms with Crippen molar-refractivity contribution in [1.82, 2.24) is 9.78 Å². The van der Waals surface area contributed by atoms with Gasteiger partial charge < -0.3 is 5.11 Å². The van der Waals surface area contributed by atoms with E-state index in [2.05, 4.69) is 31.1 Å². The molecule has 0 atom stereocenters. The summed E-state index contributed by atoms with van der Waals surface area (Å²) in [5.74, 6) is -0.399. The van der Waals surface area contributed by atoms with Crippen LogP contribution in [0, 0.1) is 0 Å². The second-order valence-corrected chi connectivity index (χ2v) is 4.98. The molecule has 2 rings (SSSR count). The Bertz CT molecular complexity index is 600. The van der Waals surface area contributed by atoms with E-state index in [-0.39, 0.29) is 6.42 Å². The van der Waals surface area contributed by atoms with Crippen LogP contribution in [0.15, 0.2) is 30.5 Å². The van der Waals surface area contributed by atoms with Gasteiger partial charge in [0.15, 0.2) is 0 Å². The summed E-state index contributed by atoms with van der Waals surface area (Å²) < 4.78 is 1.63. The number of aryl methyl sites for hydroxylation is 1. The quantitative estimate of drug-likeness (QED) is 0.917. The first kappa shape index (κ1) is 13.3. The van der Waals surface area contributed by atoms with Crippen molar-refractivity contribution in [3.63, 3.8) is 0 Å². The van der Waals surface area contributed by atoms with E-state index in [1.165, 1.54) is 5.56 Å². The molecular weight excluding hydrogens is 240 g/mol. The molecule has 0 aliphatic carbocycles. The van der Waals surface area contributed by atoms with Gasteiger partial charge in [0.1, 0.15) is 0 Å². The third kappa shape index (κ3) is 2.84. The third-order valence-electron chi connectivity index (χ3n) is 3.24. The van der Waals surface area contributed by atoms with E-state index < -0.39 is 5.97 Å². The van der Waals surface area contributed by atoms with Gasteiger partial charge in [-0.05, 0) is 17.0 Å². The molecule has 4 heteroatoms. The van der Waals surface area contributed by atoms with Gasteiger partial charge in [-0.15, -0.1) is 0 Å². The predicted molar refractivity (Wildman–Crippen MR) is 74.1 cm³/mol. The van der Waals surface area contributed by atoms with Crippen LogP contribution in [-0.2, 0) is 18.3 Å². The van der Waals surface area contributed by atoms with Gasteiger partial charge in [0.05, 0.1) is 18.3 Å². The van der Waals surface area contributed by atoms with E-state index in [0.29, 0.717) is 5.92 Å². The van der Waals surface area contributed by atoms with Crippen molar-refractivity contribution in [2.45, 2.75) is 26.2 Å². The highest BCUT2D eigenvalue weighted by molar-refractivity contribution is 5.75. The monoisotopic (exact) mass is 258 g/mol. The fourth-order valence-corrected chi connectivity index (χ4v) is 2.12. The Balaban J connectivity index is 2.47. The number of hydrogen-bond acceptors (Lipinski definition) is 2. The SMILES string of the molecule is CC(C)c1cccc(-c2cnn(C)c2CC(=O)O)c1. The number of aromatic nitrogens is 2. The summed E-state index contributed by atoms with van der Waals surface area (Å²) in [7, 11) is 1.77. The first-order valence-corrected chi connectivity index (χ1v) is 6.32. The zero-order chi connectivity index (χ0) is 14.0. The van der Waals surface area contributed by atoms with Gasteiger partial charge in [-0.2, -0.15) is 5.10 Å². The Morgan fingerprint density at radius 3 is 2.79 bits per heavy atom. The molecular formula is C15H18N2O2. The lowest BCUT2D eigenvalue weighted by Crippen LogP contribution is -2.07. The van der Waals surface area contributed by atoms with Gasteiger partial charge in [0.25, 0.3) is 0 Å². The van der Waals surface area contributed by atoms with Crippen molar-refractivity contribution < 1.29 is 9.90 Å². The van der Waals surface area contributed by atoms with E-state index >= 15 is 0 Å². The number of hydrogen-bond donors (Lipinski definition) is 1. The molecule has 1 aromatic carbocycles. The van der Waals surface area contributed by atoms with E-state index in [0.717, 1.165) is 16.8 Å². The maximum absolute atomic E-state index is 10.9. The Hall–Kier alpha value is -2.10. The number of benzene rings is 1. The van der Waals surface area contributed by atoms with Crippen LogP contribution in [0.5, 0.6) is 0 Å². The average Bonchev–Trinajstić information content (AvgIpc) is 2.71. The summed E-state index contributed by atoms with van der Waals surface area (Å²) in [6.07, 6.45) is 1.72. The van der Waals surface area contributed by atoms with Crippen molar-refractivity contribution >= 4 is 5.97 Å². The van der Waals surface area contributed by atoms with Crippen LogP contribution < -0.4 is 0 Å². The van der Waals surface area contributed by atoms with Crippen molar-refractivity contribution in [1.29, 1.82) is 0 Å². The molecule has 0 amide bonds. The standard InChI is InChI=1S/C15H18N2O2/c1-10(2)11-5-4-6-12(7-11)13-9-16-17(3)14(13)8-15(18)19/h4-7,9-10H,8H2,1-3H3,(H,18,19). The van der Waals surface area contributed by atoms with Crippen molar-refractivity contribution in [2.75, 3.05) is 0 Å². The van der Waals surface area contributed by atoms with Crippen molar-refractivity contribution in [2.24, 2.45) is 7.05 Å². The Morgan fingerprint density at radius 2 is 2.16 bits per heavy atom. The lowest BCUT2D eigenvalue weighted by Gasteiger charge is -2.09. The summed E-state index contributed by atoms with van der Waals surface area (Å²) in [5.41, 5.74) is 3.89. The number of rotatable bonds is 4. The molecule has 19 heavy (non-hydrogen) atoms. The highest BCUT2D eigenvalue weighted by Gasteiger charge is 2.14. The second-order valence-electron chi connectivity index (χ2n) is 4.98. The normalized spacial score (nSPS) is 10.9. The summed E-state index contributed by atoms with van der Waals surface area (Å²) in [5, 5.41) is 13.2. The maximum atomic E-state index is 10.9. The summed E-state index contributed by atoms with van der Waals surface area (Å²) in [4.78, 5) is 10.9. The molecule has 0 spiro atoms. The Morgan fingerprint density at radius 1 is 1.42 bits per heavy atom. The highest BCUT2D eigenvalue weighted by atomic mass is 16.4. The maximum Gasteiger partial charge on any atom is 0.309 e. The van der Waals surface area contributed by atoms with Crippen LogP contribution in [0.3, 0.4) is 0 Å². The minimum atomic E-state index is -0.843.